The molecule has 0 aliphatic heterocycles. The third-order valence-electron chi connectivity index (χ3n) is 2.31. The van der Waals surface area contributed by atoms with E-state index in [1.54, 1.807) is 0 Å². The molecule has 4 N–H and O–H groups in total. The molecule has 1 aromatic rings. The number of carboxylic acids is 1. The van der Waals surface area contributed by atoms with Crippen molar-refractivity contribution in [2.45, 2.75) is 32.5 Å². The lowest BCUT2D eigenvalue weighted by molar-refractivity contribution is -0.138. The molecule has 1 unspecified atom stereocenters. The van der Waals surface area contributed by atoms with Crippen LogP contribution in [0.25, 0.3) is 0 Å². The Balaban J connectivity index is 2.37. The first kappa shape index (κ1) is 14.5. The fourth-order valence-electron chi connectivity index (χ4n) is 1.42. The van der Waals surface area contributed by atoms with E-state index in [9.17, 15) is 4.79 Å². The maximum Gasteiger partial charge on any atom is 0.321 e. The van der Waals surface area contributed by atoms with Crippen molar-refractivity contribution < 1.29 is 14.6 Å². The van der Waals surface area contributed by atoms with Gasteiger partial charge in [-0.15, -0.1) is 0 Å². The summed E-state index contributed by atoms with van der Waals surface area (Å²) in [5.41, 5.74) is 6.44. The molecule has 0 radical (unpaired) electrons. The smallest absolute Gasteiger partial charge is 0.321 e. The van der Waals surface area contributed by atoms with Gasteiger partial charge in [0.1, 0.15) is 11.8 Å². The molecule has 0 heterocycles. The topological polar surface area (TPSA) is 84.6 Å². The van der Waals surface area contributed by atoms with Crippen LogP contribution in [0.3, 0.4) is 0 Å². The van der Waals surface area contributed by atoms with E-state index < -0.39 is 12.0 Å². The number of hydrogen-bond acceptors (Lipinski definition) is 4. The Morgan fingerprint density at radius 1 is 1.39 bits per heavy atom. The molecule has 0 amide bonds. The number of rotatable bonds is 7. The maximum atomic E-state index is 10.5. The lowest BCUT2D eigenvalue weighted by Crippen LogP contribution is -2.40. The number of aliphatic carboxylic acids is 1. The molecule has 5 heteroatoms. The zero-order valence-electron chi connectivity index (χ0n) is 10.7. The van der Waals surface area contributed by atoms with Crippen LogP contribution >= 0.6 is 0 Å². The van der Waals surface area contributed by atoms with Gasteiger partial charge in [-0.2, -0.15) is 0 Å². The van der Waals surface area contributed by atoms with E-state index in [-0.39, 0.29) is 12.6 Å². The fraction of sp³-hybridized carbons (Fsp3) is 0.462. The van der Waals surface area contributed by atoms with Gasteiger partial charge in [-0.3, -0.25) is 4.79 Å². The predicted octanol–water partition coefficient (Wildman–Crippen LogP) is 0.975. The van der Waals surface area contributed by atoms with Crippen LogP contribution in [0.15, 0.2) is 24.3 Å². The van der Waals surface area contributed by atoms with E-state index >= 15 is 0 Å². The first-order valence-corrected chi connectivity index (χ1v) is 5.93. The minimum absolute atomic E-state index is 0.155. The highest BCUT2D eigenvalue weighted by Gasteiger charge is 2.09. The van der Waals surface area contributed by atoms with Crippen molar-refractivity contribution in [1.29, 1.82) is 0 Å². The molecule has 0 spiro atoms. The van der Waals surface area contributed by atoms with Gasteiger partial charge in [-0.1, -0.05) is 12.1 Å². The van der Waals surface area contributed by atoms with Gasteiger partial charge in [0.05, 0.1) is 6.10 Å². The summed E-state index contributed by atoms with van der Waals surface area (Å²) in [4.78, 5) is 10.5. The van der Waals surface area contributed by atoms with Gasteiger partial charge in [0.15, 0.2) is 0 Å². The highest BCUT2D eigenvalue weighted by atomic mass is 16.5. The first-order chi connectivity index (χ1) is 8.49. The van der Waals surface area contributed by atoms with E-state index in [1.165, 1.54) is 0 Å². The predicted molar refractivity (Wildman–Crippen MR) is 69.5 cm³/mol. The molecule has 5 nitrogen and oxygen atoms in total. The van der Waals surface area contributed by atoms with Crippen LogP contribution in [0.1, 0.15) is 19.4 Å². The van der Waals surface area contributed by atoms with Crippen molar-refractivity contribution in [2.75, 3.05) is 6.54 Å². The molecular formula is C13H20N2O3. The third kappa shape index (κ3) is 5.16. The highest BCUT2D eigenvalue weighted by Crippen LogP contribution is 2.13. The molecule has 0 aliphatic rings. The zero-order valence-corrected chi connectivity index (χ0v) is 10.7. The summed E-state index contributed by atoms with van der Waals surface area (Å²) < 4.78 is 5.53. The Bertz CT molecular complexity index is 376. The van der Waals surface area contributed by atoms with Crippen LogP contribution in [0.4, 0.5) is 0 Å². The average Bonchev–Trinajstić information content (AvgIpc) is 2.30. The summed E-state index contributed by atoms with van der Waals surface area (Å²) in [6.45, 7) is 4.79. The molecule has 0 aromatic heterocycles. The summed E-state index contributed by atoms with van der Waals surface area (Å²) in [7, 11) is 0. The number of benzene rings is 1. The van der Waals surface area contributed by atoms with Crippen LogP contribution in [0.2, 0.25) is 0 Å². The van der Waals surface area contributed by atoms with E-state index in [0.717, 1.165) is 11.3 Å². The van der Waals surface area contributed by atoms with Crippen molar-refractivity contribution >= 4 is 5.97 Å². The van der Waals surface area contributed by atoms with Gasteiger partial charge in [0, 0.05) is 13.1 Å². The summed E-state index contributed by atoms with van der Waals surface area (Å²) in [5, 5.41) is 11.6. The number of hydrogen-bond donors (Lipinski definition) is 3. The molecule has 0 fully saturated rings. The van der Waals surface area contributed by atoms with E-state index in [1.807, 2.05) is 38.1 Å². The van der Waals surface area contributed by atoms with Gasteiger partial charge in [0.25, 0.3) is 0 Å². The zero-order chi connectivity index (χ0) is 13.5. The van der Waals surface area contributed by atoms with Crippen LogP contribution in [-0.4, -0.2) is 29.8 Å². The Hall–Kier alpha value is -1.59. The largest absolute Gasteiger partial charge is 0.491 e. The Morgan fingerprint density at radius 2 is 2.00 bits per heavy atom. The monoisotopic (exact) mass is 252 g/mol. The van der Waals surface area contributed by atoms with Gasteiger partial charge < -0.3 is 20.9 Å². The summed E-state index contributed by atoms with van der Waals surface area (Å²) in [6, 6.07) is 6.81. The second-order valence-electron chi connectivity index (χ2n) is 4.39. The molecule has 0 saturated carbocycles. The summed E-state index contributed by atoms with van der Waals surface area (Å²) in [5.74, 6) is -0.167. The molecule has 1 aromatic carbocycles. The van der Waals surface area contributed by atoms with Crippen molar-refractivity contribution in [3.8, 4) is 5.75 Å². The van der Waals surface area contributed by atoms with Crippen molar-refractivity contribution in [3.63, 3.8) is 0 Å². The van der Waals surface area contributed by atoms with Crippen molar-refractivity contribution in [1.82, 2.24) is 5.32 Å². The van der Waals surface area contributed by atoms with Gasteiger partial charge in [-0.05, 0) is 31.5 Å². The van der Waals surface area contributed by atoms with E-state index in [2.05, 4.69) is 5.32 Å². The van der Waals surface area contributed by atoms with Crippen molar-refractivity contribution in [3.05, 3.63) is 29.8 Å². The second-order valence-corrected chi connectivity index (χ2v) is 4.39. The molecule has 18 heavy (non-hydrogen) atoms. The number of carbonyl (C=O) groups is 1. The molecule has 0 bridgehead atoms. The minimum atomic E-state index is -0.997. The number of ether oxygens (including phenoxy) is 1. The Morgan fingerprint density at radius 3 is 2.50 bits per heavy atom. The van der Waals surface area contributed by atoms with Gasteiger partial charge in [-0.25, -0.2) is 0 Å². The molecule has 1 rings (SSSR count). The average molecular weight is 252 g/mol. The van der Waals surface area contributed by atoms with Crippen LogP contribution < -0.4 is 15.8 Å². The van der Waals surface area contributed by atoms with Gasteiger partial charge >= 0.3 is 5.97 Å². The molecule has 1 atom stereocenters. The van der Waals surface area contributed by atoms with Crippen molar-refractivity contribution in [2.24, 2.45) is 5.73 Å². The second kappa shape index (κ2) is 6.98. The molecule has 0 saturated heterocycles. The normalized spacial score (nSPS) is 12.4. The summed E-state index contributed by atoms with van der Waals surface area (Å²) in [6.07, 6.45) is 0.155. The van der Waals surface area contributed by atoms with Crippen LogP contribution in [-0.2, 0) is 11.3 Å². The fourth-order valence-corrected chi connectivity index (χ4v) is 1.42. The van der Waals surface area contributed by atoms with Crippen LogP contribution in [0, 0.1) is 0 Å². The number of nitrogens with one attached hydrogen (secondary N) is 1. The third-order valence-corrected chi connectivity index (χ3v) is 2.31. The molecule has 100 valence electrons. The molecule has 0 aliphatic carbocycles. The van der Waals surface area contributed by atoms with E-state index in [4.69, 9.17) is 15.6 Å². The standard InChI is InChI=1S/C13H20N2O3/c1-9(2)18-11-5-3-10(4-6-11)7-15-8-12(14)13(16)17/h3-6,9,12,15H,7-8,14H2,1-2H3,(H,16,17). The first-order valence-electron chi connectivity index (χ1n) is 5.93. The number of nitrogens with two attached hydrogens (primary N) is 1. The Labute approximate surface area is 107 Å². The molecular weight excluding hydrogens is 232 g/mol. The minimum Gasteiger partial charge on any atom is -0.491 e. The highest BCUT2D eigenvalue weighted by molar-refractivity contribution is 5.73. The van der Waals surface area contributed by atoms with Gasteiger partial charge in [0.2, 0.25) is 0 Å². The SMILES string of the molecule is CC(C)Oc1ccc(CNCC(N)C(=O)O)cc1. The quantitative estimate of drug-likeness (QED) is 0.673. The van der Waals surface area contributed by atoms with Crippen LogP contribution in [0.5, 0.6) is 5.75 Å². The summed E-state index contributed by atoms with van der Waals surface area (Å²) >= 11 is 0. The lowest BCUT2D eigenvalue weighted by atomic mass is 10.2. The Kier molecular flexibility index (Phi) is 5.61. The lowest BCUT2D eigenvalue weighted by Gasteiger charge is -2.11. The number of carboxylic acid groups (broad SMARTS) is 1. The maximum absolute atomic E-state index is 10.5. The van der Waals surface area contributed by atoms with E-state index in [0.29, 0.717) is 6.54 Å².